The fourth-order valence-corrected chi connectivity index (χ4v) is 2.03. The Balaban J connectivity index is 2.19. The molecule has 6 heteroatoms. The summed E-state index contributed by atoms with van der Waals surface area (Å²) in [6.07, 6.45) is 1.39. The van der Waals surface area contributed by atoms with Gasteiger partial charge in [0.2, 0.25) is 0 Å². The Morgan fingerprint density at radius 3 is 2.94 bits per heavy atom. The predicted molar refractivity (Wildman–Crippen MR) is 64.5 cm³/mol. The summed E-state index contributed by atoms with van der Waals surface area (Å²) < 4.78 is 10.2. The monoisotopic (exact) mass is 259 g/mol. The minimum atomic E-state index is -0.789. The molecule has 5 nitrogen and oxygen atoms in total. The summed E-state index contributed by atoms with van der Waals surface area (Å²) in [4.78, 5) is 14.7. The number of hydrogen-bond donors (Lipinski definition) is 1. The fourth-order valence-electron chi connectivity index (χ4n) is 1.22. The third-order valence-electron chi connectivity index (χ3n) is 2.09. The Labute approximate surface area is 104 Å². The average molecular weight is 259 g/mol. The molecular formula is C11H17NO4S. The van der Waals surface area contributed by atoms with E-state index < -0.39 is 5.97 Å². The Morgan fingerprint density at radius 2 is 2.24 bits per heavy atom. The predicted octanol–water partition coefficient (Wildman–Crippen LogP) is 1.37. The van der Waals surface area contributed by atoms with Crippen LogP contribution < -0.4 is 0 Å². The van der Waals surface area contributed by atoms with Gasteiger partial charge in [-0.2, -0.15) is 0 Å². The van der Waals surface area contributed by atoms with Gasteiger partial charge in [-0.15, -0.1) is 11.3 Å². The van der Waals surface area contributed by atoms with Crippen LogP contribution in [0, 0.1) is 0 Å². The van der Waals surface area contributed by atoms with Crippen LogP contribution in [0.5, 0.6) is 0 Å². The molecule has 0 radical (unpaired) electrons. The fraction of sp³-hybridized carbons (Fsp3) is 0.636. The van der Waals surface area contributed by atoms with Crippen molar-refractivity contribution < 1.29 is 19.4 Å². The van der Waals surface area contributed by atoms with Crippen LogP contribution in [0.4, 0.5) is 0 Å². The number of thiazole rings is 1. The molecular weight excluding hydrogens is 242 g/mol. The third-order valence-corrected chi connectivity index (χ3v) is 3.04. The van der Waals surface area contributed by atoms with E-state index in [0.29, 0.717) is 26.2 Å². The zero-order chi connectivity index (χ0) is 12.5. The summed E-state index contributed by atoms with van der Waals surface area (Å²) in [7, 11) is 1.64. The minimum Gasteiger partial charge on any atom is -0.481 e. The summed E-state index contributed by atoms with van der Waals surface area (Å²) in [6, 6.07) is 0. The van der Waals surface area contributed by atoms with Crippen LogP contribution in [0.15, 0.2) is 5.38 Å². The molecule has 0 aliphatic carbocycles. The van der Waals surface area contributed by atoms with E-state index in [2.05, 4.69) is 4.98 Å². The Bertz CT molecular complexity index is 340. The normalized spacial score (nSPS) is 10.6. The number of carbonyl (C=O) groups is 1. The van der Waals surface area contributed by atoms with Crippen molar-refractivity contribution in [3.63, 3.8) is 0 Å². The summed E-state index contributed by atoms with van der Waals surface area (Å²) in [5.74, 6) is -0.789. The van der Waals surface area contributed by atoms with Crippen LogP contribution in [0.3, 0.4) is 0 Å². The first kappa shape index (κ1) is 14.1. The number of aryl methyl sites for hydroxylation is 1. The Kier molecular flexibility index (Phi) is 6.76. The van der Waals surface area contributed by atoms with Crippen molar-refractivity contribution in [2.75, 3.05) is 26.9 Å². The van der Waals surface area contributed by atoms with E-state index >= 15 is 0 Å². The highest BCUT2D eigenvalue weighted by atomic mass is 32.1. The van der Waals surface area contributed by atoms with E-state index in [1.807, 2.05) is 5.38 Å². The molecule has 0 saturated carbocycles. The standard InChI is InChI=1S/C11H17NO4S/c1-15-6-7-16-5-4-10-12-9(8-17-10)2-3-11(13)14/h8H,2-7H2,1H3,(H,13,14). The van der Waals surface area contributed by atoms with Crippen LogP contribution >= 0.6 is 11.3 Å². The van der Waals surface area contributed by atoms with Crippen molar-refractivity contribution in [1.29, 1.82) is 0 Å². The van der Waals surface area contributed by atoms with Crippen molar-refractivity contribution in [3.05, 3.63) is 16.1 Å². The number of methoxy groups -OCH3 is 1. The lowest BCUT2D eigenvalue weighted by Crippen LogP contribution is -2.05. The van der Waals surface area contributed by atoms with Crippen molar-refractivity contribution in [2.45, 2.75) is 19.3 Å². The molecule has 96 valence electrons. The SMILES string of the molecule is COCCOCCc1nc(CCC(=O)O)cs1. The average Bonchev–Trinajstić information content (AvgIpc) is 2.74. The molecule has 1 rings (SSSR count). The van der Waals surface area contributed by atoms with Crippen molar-refractivity contribution in [3.8, 4) is 0 Å². The molecule has 17 heavy (non-hydrogen) atoms. The van der Waals surface area contributed by atoms with Gasteiger partial charge in [0.15, 0.2) is 0 Å². The second-order valence-electron chi connectivity index (χ2n) is 3.48. The van der Waals surface area contributed by atoms with Gasteiger partial charge in [-0.25, -0.2) is 4.98 Å². The van der Waals surface area contributed by atoms with Gasteiger partial charge in [0.25, 0.3) is 0 Å². The largest absolute Gasteiger partial charge is 0.481 e. The molecule has 0 aromatic carbocycles. The molecule has 1 aromatic heterocycles. The second-order valence-corrected chi connectivity index (χ2v) is 4.42. The molecule has 1 aromatic rings. The van der Waals surface area contributed by atoms with Crippen LogP contribution in [-0.4, -0.2) is 43.0 Å². The van der Waals surface area contributed by atoms with Gasteiger partial charge >= 0.3 is 5.97 Å². The van der Waals surface area contributed by atoms with Crippen molar-refractivity contribution in [2.24, 2.45) is 0 Å². The van der Waals surface area contributed by atoms with E-state index in [1.54, 1.807) is 18.4 Å². The summed E-state index contributed by atoms with van der Waals surface area (Å²) in [5.41, 5.74) is 0.851. The first-order valence-electron chi connectivity index (χ1n) is 5.44. The van der Waals surface area contributed by atoms with Gasteiger partial charge in [0.05, 0.1) is 36.9 Å². The van der Waals surface area contributed by atoms with E-state index in [-0.39, 0.29) is 6.42 Å². The molecule has 0 amide bonds. The topological polar surface area (TPSA) is 68.7 Å². The van der Waals surface area contributed by atoms with Crippen molar-refractivity contribution in [1.82, 2.24) is 4.98 Å². The summed E-state index contributed by atoms with van der Waals surface area (Å²) >= 11 is 1.55. The zero-order valence-corrected chi connectivity index (χ0v) is 10.7. The molecule has 0 aliphatic rings. The molecule has 0 spiro atoms. The quantitative estimate of drug-likeness (QED) is 0.678. The zero-order valence-electron chi connectivity index (χ0n) is 9.85. The summed E-state index contributed by atoms with van der Waals surface area (Å²) in [6.45, 7) is 1.81. The van der Waals surface area contributed by atoms with Gasteiger partial charge < -0.3 is 14.6 Å². The number of hydrogen-bond acceptors (Lipinski definition) is 5. The summed E-state index contributed by atoms with van der Waals surface area (Å²) in [5, 5.41) is 11.4. The maximum atomic E-state index is 10.4. The van der Waals surface area contributed by atoms with E-state index in [4.69, 9.17) is 14.6 Å². The van der Waals surface area contributed by atoms with Gasteiger partial charge in [0.1, 0.15) is 0 Å². The molecule has 1 N–H and O–H groups in total. The second kappa shape index (κ2) is 8.16. The van der Waals surface area contributed by atoms with Crippen LogP contribution in [0.25, 0.3) is 0 Å². The lowest BCUT2D eigenvalue weighted by molar-refractivity contribution is -0.136. The number of aliphatic carboxylic acids is 1. The number of aromatic nitrogens is 1. The third kappa shape index (κ3) is 6.35. The molecule has 0 atom stereocenters. The molecule has 0 aliphatic heterocycles. The number of rotatable bonds is 9. The van der Waals surface area contributed by atoms with E-state index in [0.717, 1.165) is 17.1 Å². The Hall–Kier alpha value is -0.980. The van der Waals surface area contributed by atoms with E-state index in [1.165, 1.54) is 0 Å². The molecule has 0 unspecified atom stereocenters. The van der Waals surface area contributed by atoms with E-state index in [9.17, 15) is 4.79 Å². The Morgan fingerprint density at radius 1 is 1.41 bits per heavy atom. The van der Waals surface area contributed by atoms with Crippen LogP contribution in [-0.2, 0) is 27.1 Å². The van der Waals surface area contributed by atoms with Gasteiger partial charge in [-0.05, 0) is 0 Å². The van der Waals surface area contributed by atoms with Gasteiger partial charge in [-0.3, -0.25) is 4.79 Å². The molecule has 0 bridgehead atoms. The molecule has 0 saturated heterocycles. The number of carboxylic acid groups (broad SMARTS) is 1. The maximum absolute atomic E-state index is 10.4. The number of carboxylic acids is 1. The lowest BCUT2D eigenvalue weighted by atomic mass is 10.2. The molecule has 0 fully saturated rings. The number of ether oxygens (including phenoxy) is 2. The lowest BCUT2D eigenvalue weighted by Gasteiger charge is -2.00. The van der Waals surface area contributed by atoms with Gasteiger partial charge in [-0.1, -0.05) is 0 Å². The highest BCUT2D eigenvalue weighted by molar-refractivity contribution is 7.09. The molecule has 1 heterocycles. The first-order chi connectivity index (χ1) is 8.22. The minimum absolute atomic E-state index is 0.132. The van der Waals surface area contributed by atoms with Crippen LogP contribution in [0.1, 0.15) is 17.1 Å². The first-order valence-corrected chi connectivity index (χ1v) is 6.32. The smallest absolute Gasteiger partial charge is 0.303 e. The highest BCUT2D eigenvalue weighted by Gasteiger charge is 2.04. The maximum Gasteiger partial charge on any atom is 0.303 e. The highest BCUT2D eigenvalue weighted by Crippen LogP contribution is 2.12. The van der Waals surface area contributed by atoms with Gasteiger partial charge in [0, 0.05) is 25.3 Å². The number of nitrogens with zero attached hydrogens (tertiary/aromatic N) is 1. The van der Waals surface area contributed by atoms with Crippen LogP contribution in [0.2, 0.25) is 0 Å². The van der Waals surface area contributed by atoms with Crippen molar-refractivity contribution >= 4 is 17.3 Å².